The van der Waals surface area contributed by atoms with Crippen LogP contribution in [-0.2, 0) is 0 Å². The molecule has 0 saturated heterocycles. The van der Waals surface area contributed by atoms with Crippen LogP contribution in [0.15, 0.2) is 49.1 Å². The van der Waals surface area contributed by atoms with Crippen molar-refractivity contribution in [2.45, 2.75) is 37.9 Å². The Balaban J connectivity index is 1.35. The van der Waals surface area contributed by atoms with E-state index in [0.29, 0.717) is 17.0 Å². The summed E-state index contributed by atoms with van der Waals surface area (Å²) in [6, 6.07) is 9.21. The maximum Gasteiger partial charge on any atom is 0.257 e. The summed E-state index contributed by atoms with van der Waals surface area (Å²) in [5, 5.41) is 2.93. The smallest absolute Gasteiger partial charge is 0.257 e. The summed E-state index contributed by atoms with van der Waals surface area (Å²) in [4.78, 5) is 16.6. The second-order valence-corrected chi connectivity index (χ2v) is 6.93. The summed E-state index contributed by atoms with van der Waals surface area (Å²) >= 11 is 0. The lowest BCUT2D eigenvalue weighted by Gasteiger charge is -2.31. The van der Waals surface area contributed by atoms with Gasteiger partial charge in [0.1, 0.15) is 0 Å². The average molecular weight is 349 g/mol. The van der Waals surface area contributed by atoms with E-state index < -0.39 is 5.79 Å². The van der Waals surface area contributed by atoms with Crippen molar-refractivity contribution in [2.75, 3.05) is 5.32 Å². The molecule has 5 rings (SSSR count). The molecule has 1 aliphatic carbocycles. The number of rotatable bonds is 2. The fourth-order valence-electron chi connectivity index (χ4n) is 3.72. The Morgan fingerprint density at radius 2 is 1.92 bits per heavy atom. The second-order valence-electron chi connectivity index (χ2n) is 6.93. The van der Waals surface area contributed by atoms with Gasteiger partial charge in [-0.3, -0.25) is 4.79 Å². The molecule has 0 bridgehead atoms. The van der Waals surface area contributed by atoms with Crippen LogP contribution in [0.2, 0.25) is 0 Å². The van der Waals surface area contributed by atoms with Crippen molar-refractivity contribution < 1.29 is 14.3 Å². The van der Waals surface area contributed by atoms with E-state index >= 15 is 0 Å². The monoisotopic (exact) mass is 349 g/mol. The summed E-state index contributed by atoms with van der Waals surface area (Å²) in [6.07, 6.45) is 10.5. The first-order chi connectivity index (χ1) is 12.7. The van der Waals surface area contributed by atoms with E-state index in [1.807, 2.05) is 28.7 Å². The van der Waals surface area contributed by atoms with Crippen LogP contribution in [0.5, 0.6) is 11.5 Å². The number of pyridine rings is 1. The van der Waals surface area contributed by atoms with Crippen LogP contribution in [0.3, 0.4) is 0 Å². The van der Waals surface area contributed by atoms with Crippen LogP contribution in [0.25, 0.3) is 5.52 Å². The number of carbonyl (C=O) groups excluding carboxylic acids is 1. The predicted molar refractivity (Wildman–Crippen MR) is 96.7 cm³/mol. The summed E-state index contributed by atoms with van der Waals surface area (Å²) in [5.74, 6) is 0.779. The number of ether oxygens (including phenoxy) is 2. The molecule has 1 aromatic carbocycles. The van der Waals surface area contributed by atoms with Gasteiger partial charge in [0.25, 0.3) is 11.7 Å². The maximum atomic E-state index is 12.6. The zero-order chi connectivity index (χ0) is 17.6. The van der Waals surface area contributed by atoms with Gasteiger partial charge in [-0.25, -0.2) is 4.98 Å². The molecule has 6 nitrogen and oxygen atoms in total. The highest BCUT2D eigenvalue weighted by Gasteiger charge is 2.42. The number of imidazole rings is 1. The topological polar surface area (TPSA) is 64.9 Å². The second kappa shape index (κ2) is 5.76. The molecule has 1 aliphatic heterocycles. The minimum absolute atomic E-state index is 0.174. The largest absolute Gasteiger partial charge is 0.448 e. The third-order valence-electron chi connectivity index (χ3n) is 5.08. The van der Waals surface area contributed by atoms with Crippen LogP contribution in [0, 0.1) is 0 Å². The van der Waals surface area contributed by atoms with Crippen molar-refractivity contribution >= 4 is 17.1 Å². The Bertz CT molecular complexity index is 989. The minimum Gasteiger partial charge on any atom is -0.448 e. The Hall–Kier alpha value is -3.02. The Kier molecular flexibility index (Phi) is 3.38. The lowest BCUT2D eigenvalue weighted by atomic mass is 9.94. The molecule has 0 unspecified atom stereocenters. The zero-order valence-electron chi connectivity index (χ0n) is 14.3. The van der Waals surface area contributed by atoms with Crippen LogP contribution in [0.4, 0.5) is 5.69 Å². The Morgan fingerprint density at radius 3 is 2.81 bits per heavy atom. The molecule has 26 heavy (non-hydrogen) atoms. The fraction of sp³-hybridized carbons (Fsp3) is 0.300. The van der Waals surface area contributed by atoms with Gasteiger partial charge < -0.3 is 19.2 Å². The van der Waals surface area contributed by atoms with Gasteiger partial charge in [0.05, 0.1) is 23.6 Å². The van der Waals surface area contributed by atoms with Gasteiger partial charge in [0, 0.05) is 30.8 Å². The van der Waals surface area contributed by atoms with E-state index in [9.17, 15) is 4.79 Å². The van der Waals surface area contributed by atoms with Gasteiger partial charge in [-0.15, -0.1) is 0 Å². The summed E-state index contributed by atoms with van der Waals surface area (Å²) in [7, 11) is 0. The van der Waals surface area contributed by atoms with Gasteiger partial charge in [0.15, 0.2) is 11.5 Å². The standard InChI is InChI=1S/C20H19N3O3/c24-19(14-4-6-16-11-21-13-23(16)12-14)22-15-5-7-17-18(10-15)26-20(25-17)8-2-1-3-9-20/h4-7,10-13H,1-3,8-9H2,(H,22,24). The summed E-state index contributed by atoms with van der Waals surface area (Å²) in [5.41, 5.74) is 2.20. The van der Waals surface area contributed by atoms with E-state index in [0.717, 1.165) is 36.9 Å². The molecule has 1 amide bonds. The highest BCUT2D eigenvalue weighted by atomic mass is 16.7. The molecule has 3 heterocycles. The van der Waals surface area contributed by atoms with Crippen molar-refractivity contribution in [3.05, 3.63) is 54.6 Å². The Labute approximate surface area is 150 Å². The van der Waals surface area contributed by atoms with Gasteiger partial charge >= 0.3 is 0 Å². The first-order valence-electron chi connectivity index (χ1n) is 8.96. The molecule has 2 aliphatic rings. The third-order valence-corrected chi connectivity index (χ3v) is 5.08. The molecule has 3 aromatic rings. The van der Waals surface area contributed by atoms with Crippen molar-refractivity contribution in [1.82, 2.24) is 9.38 Å². The fourth-order valence-corrected chi connectivity index (χ4v) is 3.72. The van der Waals surface area contributed by atoms with Gasteiger partial charge in [-0.05, 0) is 37.1 Å². The number of benzene rings is 1. The lowest BCUT2D eigenvalue weighted by molar-refractivity contribution is -0.105. The number of nitrogens with zero attached hydrogens (tertiary/aromatic N) is 2. The number of hydrogen-bond acceptors (Lipinski definition) is 4. The minimum atomic E-state index is -0.504. The number of fused-ring (bicyclic) bond motifs is 2. The number of anilines is 1. The summed E-state index contributed by atoms with van der Waals surface area (Å²) in [6.45, 7) is 0. The highest BCUT2D eigenvalue weighted by Crippen LogP contribution is 2.46. The van der Waals surface area contributed by atoms with Gasteiger partial charge in [0.2, 0.25) is 0 Å². The molecule has 1 N–H and O–H groups in total. The molecule has 1 saturated carbocycles. The Morgan fingerprint density at radius 1 is 1.08 bits per heavy atom. The number of hydrogen-bond donors (Lipinski definition) is 1. The molecular formula is C20H19N3O3. The number of amides is 1. The van der Waals surface area contributed by atoms with Crippen LogP contribution in [-0.4, -0.2) is 21.1 Å². The predicted octanol–water partition coefficient (Wildman–Crippen LogP) is 4.02. The molecule has 1 fully saturated rings. The van der Waals surface area contributed by atoms with Crippen LogP contribution < -0.4 is 14.8 Å². The van der Waals surface area contributed by atoms with Crippen molar-refractivity contribution in [1.29, 1.82) is 0 Å². The molecule has 0 atom stereocenters. The zero-order valence-corrected chi connectivity index (χ0v) is 14.3. The third kappa shape index (κ3) is 2.58. The van der Waals surface area contributed by atoms with Crippen LogP contribution >= 0.6 is 0 Å². The number of aromatic nitrogens is 2. The quantitative estimate of drug-likeness (QED) is 0.759. The van der Waals surface area contributed by atoms with Gasteiger partial charge in [-0.2, -0.15) is 0 Å². The van der Waals surface area contributed by atoms with Crippen molar-refractivity contribution in [3.63, 3.8) is 0 Å². The van der Waals surface area contributed by atoms with Crippen molar-refractivity contribution in [2.24, 2.45) is 0 Å². The molecule has 0 radical (unpaired) electrons. The molecule has 1 spiro atoms. The van der Waals surface area contributed by atoms with E-state index in [2.05, 4.69) is 10.3 Å². The number of carbonyl (C=O) groups is 1. The van der Waals surface area contributed by atoms with Crippen LogP contribution in [0.1, 0.15) is 42.5 Å². The maximum absolute atomic E-state index is 12.6. The normalized spacial score (nSPS) is 17.5. The number of nitrogens with one attached hydrogen (secondary N) is 1. The van der Waals surface area contributed by atoms with Gasteiger partial charge in [-0.1, -0.05) is 6.42 Å². The average Bonchev–Trinajstić information content (AvgIpc) is 3.25. The molecule has 6 heteroatoms. The highest BCUT2D eigenvalue weighted by molar-refractivity contribution is 6.04. The summed E-state index contributed by atoms with van der Waals surface area (Å²) < 4.78 is 14.0. The molecule has 132 valence electrons. The molecule has 2 aromatic heterocycles. The lowest BCUT2D eigenvalue weighted by Crippen LogP contribution is -2.40. The van der Waals surface area contributed by atoms with E-state index in [4.69, 9.17) is 9.47 Å². The van der Waals surface area contributed by atoms with Crippen molar-refractivity contribution in [3.8, 4) is 11.5 Å². The van der Waals surface area contributed by atoms with E-state index in [-0.39, 0.29) is 5.91 Å². The van der Waals surface area contributed by atoms with E-state index in [1.54, 1.807) is 24.8 Å². The first kappa shape index (κ1) is 15.3. The first-order valence-corrected chi connectivity index (χ1v) is 8.96. The van der Waals surface area contributed by atoms with E-state index in [1.165, 1.54) is 6.42 Å². The SMILES string of the molecule is O=C(Nc1ccc2c(c1)OC1(CCCCC1)O2)c1ccc2cncn2c1. The molecular weight excluding hydrogens is 330 g/mol.